The van der Waals surface area contributed by atoms with Crippen molar-refractivity contribution in [2.45, 2.75) is 11.8 Å². The minimum absolute atomic E-state index is 0.0476. The normalized spacial score (nSPS) is 11.2. The molecule has 0 bridgehead atoms. The lowest BCUT2D eigenvalue weighted by atomic mass is 10.1. The van der Waals surface area contributed by atoms with Crippen LogP contribution in [0.4, 0.5) is 11.4 Å². The number of thiophene rings is 1. The number of halogens is 2. The summed E-state index contributed by atoms with van der Waals surface area (Å²) in [5.41, 5.74) is 1.89. The van der Waals surface area contributed by atoms with Crippen LogP contribution in [0, 0.1) is 0 Å². The van der Waals surface area contributed by atoms with E-state index in [0.29, 0.717) is 11.4 Å². The topological polar surface area (TPSA) is 75.3 Å². The summed E-state index contributed by atoms with van der Waals surface area (Å²) in [4.78, 5) is 11.7. The van der Waals surface area contributed by atoms with Crippen molar-refractivity contribution >= 4 is 61.8 Å². The molecule has 0 spiro atoms. The molecule has 0 aliphatic heterocycles. The standard InChI is InChI=1S/C18H14Cl2N2O3S2/c1-11(23)21-13-7-5-12(6-8-13)17-16(9-10-26-17)22-27(24,25)18-14(19)3-2-4-15(18)20/h2-10,22H,1H3,(H,21,23). The van der Waals surface area contributed by atoms with Crippen molar-refractivity contribution in [1.29, 1.82) is 0 Å². The second-order valence-electron chi connectivity index (χ2n) is 5.58. The highest BCUT2D eigenvalue weighted by Gasteiger charge is 2.23. The summed E-state index contributed by atoms with van der Waals surface area (Å²) in [6.45, 7) is 1.43. The summed E-state index contributed by atoms with van der Waals surface area (Å²) in [5, 5.41) is 4.56. The van der Waals surface area contributed by atoms with Crippen molar-refractivity contribution in [1.82, 2.24) is 0 Å². The van der Waals surface area contributed by atoms with Crippen LogP contribution in [0.5, 0.6) is 0 Å². The van der Waals surface area contributed by atoms with Crippen LogP contribution in [-0.4, -0.2) is 14.3 Å². The molecule has 0 aliphatic rings. The third kappa shape index (κ3) is 4.44. The number of anilines is 2. The summed E-state index contributed by atoms with van der Waals surface area (Å²) >= 11 is 13.5. The summed E-state index contributed by atoms with van der Waals surface area (Å²) < 4.78 is 28.1. The monoisotopic (exact) mass is 440 g/mol. The molecule has 0 fully saturated rings. The van der Waals surface area contributed by atoms with Gasteiger partial charge in [-0.25, -0.2) is 8.42 Å². The van der Waals surface area contributed by atoms with E-state index >= 15 is 0 Å². The van der Waals surface area contributed by atoms with Gasteiger partial charge in [-0.1, -0.05) is 41.4 Å². The third-order valence-corrected chi connectivity index (χ3v) is 6.85. The largest absolute Gasteiger partial charge is 0.326 e. The van der Waals surface area contributed by atoms with Crippen LogP contribution in [0.2, 0.25) is 10.0 Å². The first-order valence-corrected chi connectivity index (χ1v) is 10.8. The van der Waals surface area contributed by atoms with Crippen molar-refractivity contribution in [3.63, 3.8) is 0 Å². The molecular weight excluding hydrogens is 427 g/mol. The Labute approximate surface area is 171 Å². The molecule has 0 aliphatic carbocycles. The Balaban J connectivity index is 1.92. The first-order valence-electron chi connectivity index (χ1n) is 7.70. The minimum atomic E-state index is -3.96. The van der Waals surface area contributed by atoms with E-state index in [2.05, 4.69) is 10.0 Å². The van der Waals surface area contributed by atoms with Crippen LogP contribution < -0.4 is 10.0 Å². The van der Waals surface area contributed by atoms with Gasteiger partial charge in [0.25, 0.3) is 10.0 Å². The first-order chi connectivity index (χ1) is 12.8. The number of carbonyl (C=O) groups is 1. The Morgan fingerprint density at radius 3 is 2.22 bits per heavy atom. The second kappa shape index (κ2) is 7.90. The van der Waals surface area contributed by atoms with E-state index in [9.17, 15) is 13.2 Å². The number of carbonyl (C=O) groups excluding carboxylic acids is 1. The lowest BCUT2D eigenvalue weighted by Gasteiger charge is -2.12. The zero-order valence-corrected chi connectivity index (χ0v) is 17.1. The zero-order valence-electron chi connectivity index (χ0n) is 14.0. The maximum Gasteiger partial charge on any atom is 0.264 e. The number of benzene rings is 2. The molecule has 0 radical (unpaired) electrons. The van der Waals surface area contributed by atoms with Gasteiger partial charge in [0.05, 0.1) is 20.6 Å². The number of hydrogen-bond acceptors (Lipinski definition) is 4. The fourth-order valence-corrected chi connectivity index (χ4v) is 5.60. The van der Waals surface area contributed by atoms with Gasteiger partial charge in [0.1, 0.15) is 4.90 Å². The number of amides is 1. The highest BCUT2D eigenvalue weighted by molar-refractivity contribution is 7.93. The van der Waals surface area contributed by atoms with E-state index < -0.39 is 10.0 Å². The van der Waals surface area contributed by atoms with Crippen molar-refractivity contribution in [2.75, 3.05) is 10.0 Å². The molecule has 3 rings (SSSR count). The Morgan fingerprint density at radius 1 is 1.00 bits per heavy atom. The van der Waals surface area contributed by atoms with Gasteiger partial charge < -0.3 is 5.32 Å². The number of hydrogen-bond donors (Lipinski definition) is 2. The zero-order chi connectivity index (χ0) is 19.6. The smallest absolute Gasteiger partial charge is 0.264 e. The van der Waals surface area contributed by atoms with Crippen LogP contribution in [0.25, 0.3) is 10.4 Å². The van der Waals surface area contributed by atoms with Gasteiger partial charge >= 0.3 is 0 Å². The number of sulfonamides is 1. The summed E-state index contributed by atoms with van der Waals surface area (Å²) in [6.07, 6.45) is 0. The SMILES string of the molecule is CC(=O)Nc1ccc(-c2sccc2NS(=O)(=O)c2c(Cl)cccc2Cl)cc1. The van der Waals surface area contributed by atoms with Gasteiger partial charge in [-0.3, -0.25) is 9.52 Å². The van der Waals surface area contributed by atoms with Crippen LogP contribution >= 0.6 is 34.5 Å². The molecule has 1 heterocycles. The maximum absolute atomic E-state index is 12.8. The number of nitrogens with one attached hydrogen (secondary N) is 2. The quantitative estimate of drug-likeness (QED) is 0.551. The van der Waals surface area contributed by atoms with E-state index in [4.69, 9.17) is 23.2 Å². The average Bonchev–Trinajstić information content (AvgIpc) is 3.02. The van der Waals surface area contributed by atoms with Crippen molar-refractivity contribution in [3.8, 4) is 10.4 Å². The Kier molecular flexibility index (Phi) is 5.76. The van der Waals surface area contributed by atoms with Crippen molar-refractivity contribution in [3.05, 3.63) is 64.0 Å². The molecule has 2 aromatic carbocycles. The number of rotatable bonds is 5. The summed E-state index contributed by atoms with van der Waals surface area (Å²) in [5.74, 6) is -0.163. The molecule has 2 N–H and O–H groups in total. The lowest BCUT2D eigenvalue weighted by Crippen LogP contribution is -2.14. The van der Waals surface area contributed by atoms with Gasteiger partial charge in [0, 0.05) is 12.6 Å². The second-order valence-corrected chi connectivity index (χ2v) is 8.93. The predicted molar refractivity (Wildman–Crippen MR) is 111 cm³/mol. The molecule has 140 valence electrons. The van der Waals surface area contributed by atoms with Crippen LogP contribution in [-0.2, 0) is 14.8 Å². The van der Waals surface area contributed by atoms with Gasteiger partial charge in [-0.05, 0) is 41.3 Å². The summed E-state index contributed by atoms with van der Waals surface area (Å²) in [7, 11) is -3.96. The molecule has 1 aromatic heterocycles. The van der Waals surface area contributed by atoms with E-state index in [1.807, 2.05) is 0 Å². The third-order valence-electron chi connectivity index (χ3n) is 3.56. The van der Waals surface area contributed by atoms with E-state index in [0.717, 1.165) is 10.4 Å². The predicted octanol–water partition coefficient (Wildman–Crippen LogP) is 5.48. The van der Waals surface area contributed by atoms with Gasteiger partial charge in [-0.15, -0.1) is 11.3 Å². The first kappa shape index (κ1) is 19.7. The van der Waals surface area contributed by atoms with Crippen LogP contribution in [0.1, 0.15) is 6.92 Å². The van der Waals surface area contributed by atoms with Gasteiger partial charge in [0.2, 0.25) is 5.91 Å². The summed E-state index contributed by atoms with van der Waals surface area (Å²) in [6, 6.07) is 13.3. The fourth-order valence-electron chi connectivity index (χ4n) is 2.46. The minimum Gasteiger partial charge on any atom is -0.326 e. The molecule has 9 heteroatoms. The molecule has 0 unspecified atom stereocenters. The molecule has 0 saturated heterocycles. The molecule has 1 amide bonds. The Morgan fingerprint density at radius 2 is 1.63 bits per heavy atom. The average molecular weight is 441 g/mol. The van der Waals surface area contributed by atoms with Crippen LogP contribution in [0.15, 0.2) is 58.8 Å². The molecule has 27 heavy (non-hydrogen) atoms. The Bertz CT molecular complexity index is 1070. The highest BCUT2D eigenvalue weighted by Crippen LogP contribution is 2.37. The molecule has 3 aromatic rings. The van der Waals surface area contributed by atoms with Gasteiger partial charge in [-0.2, -0.15) is 0 Å². The lowest BCUT2D eigenvalue weighted by molar-refractivity contribution is -0.114. The Hall–Kier alpha value is -2.06. The maximum atomic E-state index is 12.8. The van der Waals surface area contributed by atoms with Gasteiger partial charge in [0.15, 0.2) is 0 Å². The van der Waals surface area contributed by atoms with Crippen molar-refractivity contribution in [2.24, 2.45) is 0 Å². The molecule has 0 atom stereocenters. The van der Waals surface area contributed by atoms with Crippen molar-refractivity contribution < 1.29 is 13.2 Å². The van der Waals surface area contributed by atoms with E-state index in [-0.39, 0.29) is 20.8 Å². The molecule has 5 nitrogen and oxygen atoms in total. The van der Waals surface area contributed by atoms with E-state index in [1.165, 1.54) is 30.4 Å². The van der Waals surface area contributed by atoms with E-state index in [1.54, 1.807) is 41.8 Å². The van der Waals surface area contributed by atoms with Crippen LogP contribution in [0.3, 0.4) is 0 Å². The highest BCUT2D eigenvalue weighted by atomic mass is 35.5. The molecular formula is C18H14Cl2N2O3S2. The molecule has 0 saturated carbocycles. The fraction of sp³-hybridized carbons (Fsp3) is 0.0556.